The summed E-state index contributed by atoms with van der Waals surface area (Å²) in [4.78, 5) is 16.3. The Morgan fingerprint density at radius 1 is 1.26 bits per heavy atom. The predicted molar refractivity (Wildman–Crippen MR) is 84.5 cm³/mol. The van der Waals surface area contributed by atoms with Crippen LogP contribution in [-0.4, -0.2) is 42.4 Å². The number of anilines is 1. The first-order valence-electron chi connectivity index (χ1n) is 7.25. The SMILES string of the molecule is COCCOCCC(=O)Nc1c(-c2ccc(F)cc2)ncn1C. The maximum atomic E-state index is 13.0. The van der Waals surface area contributed by atoms with Crippen LogP contribution in [0.1, 0.15) is 6.42 Å². The number of methoxy groups -OCH3 is 1. The van der Waals surface area contributed by atoms with Gasteiger partial charge in [0.1, 0.15) is 17.3 Å². The summed E-state index contributed by atoms with van der Waals surface area (Å²) in [5.41, 5.74) is 1.33. The fraction of sp³-hybridized carbons (Fsp3) is 0.375. The van der Waals surface area contributed by atoms with Crippen molar-refractivity contribution in [3.05, 3.63) is 36.4 Å². The van der Waals surface area contributed by atoms with Crippen LogP contribution in [0.2, 0.25) is 0 Å². The molecule has 1 aromatic carbocycles. The number of rotatable bonds is 8. The number of benzene rings is 1. The summed E-state index contributed by atoms with van der Waals surface area (Å²) in [5.74, 6) is 0.0800. The highest BCUT2D eigenvalue weighted by atomic mass is 19.1. The van der Waals surface area contributed by atoms with E-state index in [0.717, 1.165) is 5.56 Å². The lowest BCUT2D eigenvalue weighted by atomic mass is 10.1. The zero-order valence-electron chi connectivity index (χ0n) is 13.2. The van der Waals surface area contributed by atoms with E-state index in [1.54, 1.807) is 37.2 Å². The van der Waals surface area contributed by atoms with Crippen LogP contribution in [0.5, 0.6) is 0 Å². The summed E-state index contributed by atoms with van der Waals surface area (Å²) in [6.45, 7) is 1.27. The van der Waals surface area contributed by atoms with Crippen molar-refractivity contribution < 1.29 is 18.7 Å². The van der Waals surface area contributed by atoms with Gasteiger partial charge >= 0.3 is 0 Å². The molecule has 0 aliphatic carbocycles. The van der Waals surface area contributed by atoms with Crippen LogP contribution >= 0.6 is 0 Å². The molecule has 0 aliphatic rings. The number of carbonyl (C=O) groups is 1. The number of imidazole rings is 1. The molecule has 23 heavy (non-hydrogen) atoms. The number of hydrogen-bond donors (Lipinski definition) is 1. The van der Waals surface area contributed by atoms with E-state index in [9.17, 15) is 9.18 Å². The summed E-state index contributed by atoms with van der Waals surface area (Å²) >= 11 is 0. The van der Waals surface area contributed by atoms with Gasteiger partial charge in [-0.15, -0.1) is 0 Å². The van der Waals surface area contributed by atoms with Crippen molar-refractivity contribution in [2.45, 2.75) is 6.42 Å². The van der Waals surface area contributed by atoms with Crippen LogP contribution in [0.15, 0.2) is 30.6 Å². The van der Waals surface area contributed by atoms with E-state index in [-0.39, 0.29) is 18.1 Å². The summed E-state index contributed by atoms with van der Waals surface area (Å²) in [6.07, 6.45) is 1.83. The lowest BCUT2D eigenvalue weighted by Gasteiger charge is -2.09. The van der Waals surface area contributed by atoms with Crippen molar-refractivity contribution in [2.24, 2.45) is 7.05 Å². The number of aromatic nitrogens is 2. The van der Waals surface area contributed by atoms with Crippen molar-refractivity contribution in [3.63, 3.8) is 0 Å². The average Bonchev–Trinajstić information content (AvgIpc) is 2.89. The molecular weight excluding hydrogens is 301 g/mol. The number of nitrogens with zero attached hydrogens (tertiary/aromatic N) is 2. The van der Waals surface area contributed by atoms with Crippen molar-refractivity contribution in [2.75, 3.05) is 32.2 Å². The second kappa shape index (κ2) is 8.40. The number of amides is 1. The van der Waals surface area contributed by atoms with Gasteiger partial charge < -0.3 is 19.4 Å². The van der Waals surface area contributed by atoms with Gasteiger partial charge in [-0.05, 0) is 24.3 Å². The molecule has 0 bridgehead atoms. The molecule has 124 valence electrons. The largest absolute Gasteiger partial charge is 0.382 e. The van der Waals surface area contributed by atoms with Crippen LogP contribution < -0.4 is 5.32 Å². The molecule has 0 unspecified atom stereocenters. The van der Waals surface area contributed by atoms with Crippen LogP contribution in [-0.2, 0) is 21.3 Å². The average molecular weight is 321 g/mol. The number of ether oxygens (including phenoxy) is 2. The van der Waals surface area contributed by atoms with E-state index >= 15 is 0 Å². The van der Waals surface area contributed by atoms with Gasteiger partial charge in [0.15, 0.2) is 0 Å². The fourth-order valence-electron chi connectivity index (χ4n) is 2.00. The molecule has 6 nitrogen and oxygen atoms in total. The van der Waals surface area contributed by atoms with Gasteiger partial charge in [-0.2, -0.15) is 0 Å². The molecule has 2 aromatic rings. The van der Waals surface area contributed by atoms with E-state index in [2.05, 4.69) is 10.3 Å². The van der Waals surface area contributed by atoms with E-state index in [1.807, 2.05) is 0 Å². The molecule has 0 fully saturated rings. The predicted octanol–water partition coefficient (Wildman–Crippen LogP) is 2.22. The molecule has 0 saturated carbocycles. The Morgan fingerprint density at radius 3 is 2.70 bits per heavy atom. The zero-order valence-corrected chi connectivity index (χ0v) is 13.2. The Balaban J connectivity index is 1.98. The highest BCUT2D eigenvalue weighted by Crippen LogP contribution is 2.26. The normalized spacial score (nSPS) is 10.7. The van der Waals surface area contributed by atoms with Gasteiger partial charge in [-0.25, -0.2) is 9.37 Å². The molecule has 2 rings (SSSR count). The minimum Gasteiger partial charge on any atom is -0.382 e. The van der Waals surface area contributed by atoms with E-state index in [0.29, 0.717) is 31.3 Å². The fourth-order valence-corrected chi connectivity index (χ4v) is 2.00. The molecule has 1 amide bonds. The number of nitrogens with one attached hydrogen (secondary N) is 1. The maximum Gasteiger partial charge on any atom is 0.227 e. The lowest BCUT2D eigenvalue weighted by Crippen LogP contribution is -2.17. The van der Waals surface area contributed by atoms with Crippen molar-refractivity contribution in [1.29, 1.82) is 0 Å². The molecule has 0 saturated heterocycles. The molecule has 0 aliphatic heterocycles. The Hall–Kier alpha value is -2.25. The molecule has 1 N–H and O–H groups in total. The second-order valence-corrected chi connectivity index (χ2v) is 4.96. The number of aryl methyl sites for hydroxylation is 1. The molecule has 7 heteroatoms. The Labute approximate surface area is 134 Å². The Morgan fingerprint density at radius 2 is 2.00 bits per heavy atom. The summed E-state index contributed by atoms with van der Waals surface area (Å²) in [6, 6.07) is 5.97. The topological polar surface area (TPSA) is 65.4 Å². The van der Waals surface area contributed by atoms with E-state index in [1.165, 1.54) is 12.1 Å². The lowest BCUT2D eigenvalue weighted by molar-refractivity contribution is -0.117. The van der Waals surface area contributed by atoms with Gasteiger partial charge in [0.25, 0.3) is 0 Å². The molecule has 0 radical (unpaired) electrons. The van der Waals surface area contributed by atoms with Crippen molar-refractivity contribution >= 4 is 11.7 Å². The third kappa shape index (κ3) is 4.87. The molecule has 1 aromatic heterocycles. The van der Waals surface area contributed by atoms with E-state index < -0.39 is 0 Å². The minimum absolute atomic E-state index is 0.172. The quantitative estimate of drug-likeness (QED) is 0.757. The van der Waals surface area contributed by atoms with Crippen LogP contribution in [0.4, 0.5) is 10.2 Å². The third-order valence-electron chi connectivity index (χ3n) is 3.22. The first-order chi connectivity index (χ1) is 11.1. The highest BCUT2D eigenvalue weighted by molar-refractivity contribution is 5.93. The van der Waals surface area contributed by atoms with Crippen LogP contribution in [0, 0.1) is 5.82 Å². The van der Waals surface area contributed by atoms with Crippen molar-refractivity contribution in [3.8, 4) is 11.3 Å². The molecular formula is C16H20FN3O3. The minimum atomic E-state index is -0.316. The van der Waals surface area contributed by atoms with Gasteiger partial charge in [0, 0.05) is 19.7 Å². The zero-order chi connectivity index (χ0) is 16.7. The first-order valence-corrected chi connectivity index (χ1v) is 7.25. The standard InChI is InChI=1S/C16H20FN3O3/c1-20-11-18-15(12-3-5-13(17)6-4-12)16(20)19-14(21)7-8-23-10-9-22-2/h3-6,11H,7-10H2,1-2H3,(H,19,21). The molecule has 1 heterocycles. The number of carbonyl (C=O) groups excluding carboxylic acids is 1. The monoisotopic (exact) mass is 321 g/mol. The Bertz CT molecular complexity index is 641. The van der Waals surface area contributed by atoms with Crippen LogP contribution in [0.25, 0.3) is 11.3 Å². The van der Waals surface area contributed by atoms with E-state index in [4.69, 9.17) is 9.47 Å². The highest BCUT2D eigenvalue weighted by Gasteiger charge is 2.14. The smallest absolute Gasteiger partial charge is 0.227 e. The van der Waals surface area contributed by atoms with Gasteiger partial charge in [0.2, 0.25) is 5.91 Å². The molecule has 0 atom stereocenters. The summed E-state index contributed by atoms with van der Waals surface area (Å²) in [5, 5.41) is 2.82. The number of halogens is 1. The third-order valence-corrected chi connectivity index (χ3v) is 3.22. The van der Waals surface area contributed by atoms with Gasteiger partial charge in [-0.3, -0.25) is 4.79 Å². The second-order valence-electron chi connectivity index (χ2n) is 4.96. The van der Waals surface area contributed by atoms with Crippen LogP contribution in [0.3, 0.4) is 0 Å². The summed E-state index contributed by atoms with van der Waals surface area (Å²) in [7, 11) is 3.38. The van der Waals surface area contributed by atoms with Gasteiger partial charge in [0.05, 0.1) is 32.6 Å². The maximum absolute atomic E-state index is 13.0. The Kier molecular flexibility index (Phi) is 6.25. The summed E-state index contributed by atoms with van der Waals surface area (Å²) < 4.78 is 24.9. The first kappa shape index (κ1) is 17.1. The van der Waals surface area contributed by atoms with Gasteiger partial charge in [-0.1, -0.05) is 0 Å². The number of hydrogen-bond acceptors (Lipinski definition) is 4. The molecule has 0 spiro atoms. The van der Waals surface area contributed by atoms with Crippen molar-refractivity contribution in [1.82, 2.24) is 9.55 Å².